The fourth-order valence-electron chi connectivity index (χ4n) is 6.36. The zero-order valence-corrected chi connectivity index (χ0v) is 25.0. The molecular formula is C30H34F5N9O. The molecule has 2 aliphatic rings. The number of hydrogen-bond acceptors (Lipinski definition) is 9. The van der Waals surface area contributed by atoms with E-state index < -0.39 is 29.5 Å². The van der Waals surface area contributed by atoms with Crippen LogP contribution in [0, 0.1) is 18.6 Å². The molecule has 3 N–H and O–H groups in total. The molecule has 0 bridgehead atoms. The van der Waals surface area contributed by atoms with Crippen LogP contribution < -0.4 is 16.2 Å². The van der Waals surface area contributed by atoms with Gasteiger partial charge in [-0.25, -0.2) is 24.6 Å². The molecule has 0 saturated carbocycles. The highest BCUT2D eigenvalue weighted by Crippen LogP contribution is 2.38. The number of imidazole rings is 1. The van der Waals surface area contributed by atoms with Gasteiger partial charge in [-0.15, -0.1) is 0 Å². The number of fused-ring (bicyclic) bond motifs is 1. The van der Waals surface area contributed by atoms with Gasteiger partial charge in [-0.05, 0) is 63.4 Å². The maximum absolute atomic E-state index is 14.2. The van der Waals surface area contributed by atoms with E-state index in [0.29, 0.717) is 42.2 Å². The topological polar surface area (TPSA) is 110 Å². The highest BCUT2D eigenvalue weighted by atomic mass is 19.4. The Hall–Kier alpha value is -3.95. The van der Waals surface area contributed by atoms with Crippen molar-refractivity contribution in [2.24, 2.45) is 5.84 Å². The summed E-state index contributed by atoms with van der Waals surface area (Å²) in [5, 5.41) is 0. The Morgan fingerprint density at radius 2 is 1.76 bits per heavy atom. The summed E-state index contributed by atoms with van der Waals surface area (Å²) in [6.45, 7) is 7.88. The summed E-state index contributed by atoms with van der Waals surface area (Å²) in [6, 6.07) is 6.23. The van der Waals surface area contributed by atoms with Gasteiger partial charge in [0.25, 0.3) is 0 Å². The molecule has 2 unspecified atom stereocenters. The number of aryl methyl sites for hydroxylation is 1. The first-order valence-corrected chi connectivity index (χ1v) is 14.8. The van der Waals surface area contributed by atoms with Crippen molar-refractivity contribution in [3.8, 4) is 0 Å². The van der Waals surface area contributed by atoms with E-state index in [2.05, 4.69) is 20.3 Å². The molecule has 2 saturated heterocycles. The van der Waals surface area contributed by atoms with Crippen LogP contribution in [0.3, 0.4) is 0 Å². The van der Waals surface area contributed by atoms with Gasteiger partial charge in [0, 0.05) is 31.8 Å². The highest BCUT2D eigenvalue weighted by Gasteiger charge is 2.40. The Labute approximate surface area is 256 Å². The second-order valence-electron chi connectivity index (χ2n) is 11.7. The fraction of sp³-hybridized carbons (Fsp3) is 0.467. The Balaban J connectivity index is 1.37. The molecule has 2 aliphatic heterocycles. The Kier molecular flexibility index (Phi) is 8.35. The van der Waals surface area contributed by atoms with Gasteiger partial charge in [-0.2, -0.15) is 23.1 Å². The number of nitrogens with zero attached hydrogens (tertiary/aromatic N) is 7. The minimum absolute atomic E-state index is 0.00498. The van der Waals surface area contributed by atoms with Gasteiger partial charge in [0.05, 0.1) is 24.4 Å². The summed E-state index contributed by atoms with van der Waals surface area (Å²) in [4.78, 5) is 22.0. The first-order valence-electron chi connectivity index (χ1n) is 14.8. The van der Waals surface area contributed by atoms with Gasteiger partial charge >= 0.3 is 6.18 Å². The van der Waals surface area contributed by atoms with E-state index in [4.69, 9.17) is 20.5 Å². The molecule has 15 heteroatoms. The average molecular weight is 632 g/mol. The van der Waals surface area contributed by atoms with E-state index in [1.54, 1.807) is 0 Å². The first kappa shape index (κ1) is 31.0. The third-order valence-electron chi connectivity index (χ3n) is 8.55. The quantitative estimate of drug-likeness (QED) is 0.166. The van der Waals surface area contributed by atoms with Crippen LogP contribution >= 0.6 is 0 Å². The monoisotopic (exact) mass is 631 g/mol. The number of hydrazine groups is 1. The second-order valence-corrected chi connectivity index (χ2v) is 11.7. The van der Waals surface area contributed by atoms with Crippen LogP contribution in [0.4, 0.5) is 33.7 Å². The number of alkyl halides is 3. The predicted octanol–water partition coefficient (Wildman–Crippen LogP) is 4.98. The lowest BCUT2D eigenvalue weighted by Gasteiger charge is -2.47. The molecule has 4 atom stereocenters. The van der Waals surface area contributed by atoms with Crippen molar-refractivity contribution >= 4 is 22.9 Å². The van der Waals surface area contributed by atoms with Crippen LogP contribution in [0.2, 0.25) is 0 Å². The molecule has 10 nitrogen and oxygen atoms in total. The molecule has 6 rings (SSSR count). The normalized spacial score (nSPS) is 21.9. The first-order chi connectivity index (χ1) is 21.4. The molecule has 0 radical (unpaired) electrons. The number of ether oxygens (including phenoxy) is 1. The van der Waals surface area contributed by atoms with Gasteiger partial charge in [-0.1, -0.05) is 12.1 Å². The van der Waals surface area contributed by atoms with Crippen LogP contribution in [0.15, 0.2) is 36.4 Å². The van der Waals surface area contributed by atoms with Gasteiger partial charge < -0.3 is 14.2 Å². The molecular weight excluding hydrogens is 597 g/mol. The van der Waals surface area contributed by atoms with Crippen molar-refractivity contribution in [3.05, 3.63) is 70.8 Å². The van der Waals surface area contributed by atoms with Gasteiger partial charge in [0.1, 0.15) is 11.6 Å². The van der Waals surface area contributed by atoms with Crippen molar-refractivity contribution in [1.82, 2.24) is 29.4 Å². The molecule has 4 aromatic rings. The lowest BCUT2D eigenvalue weighted by Crippen LogP contribution is -2.58. The van der Waals surface area contributed by atoms with E-state index in [-0.39, 0.29) is 29.8 Å². The number of pyridine rings is 1. The van der Waals surface area contributed by atoms with Crippen LogP contribution in [-0.2, 0) is 17.5 Å². The third kappa shape index (κ3) is 6.03. The lowest BCUT2D eigenvalue weighted by atomic mass is 9.96. The van der Waals surface area contributed by atoms with E-state index in [1.165, 1.54) is 30.3 Å². The molecule has 0 amide bonds. The molecule has 0 spiro atoms. The smallest absolute Gasteiger partial charge is 0.376 e. The summed E-state index contributed by atoms with van der Waals surface area (Å²) in [5.41, 5.74) is 2.71. The Bertz CT molecular complexity index is 1670. The summed E-state index contributed by atoms with van der Waals surface area (Å²) < 4.78 is 77.1. The van der Waals surface area contributed by atoms with Crippen molar-refractivity contribution in [3.63, 3.8) is 0 Å². The summed E-state index contributed by atoms with van der Waals surface area (Å²) >= 11 is 0. The Morgan fingerprint density at radius 1 is 1.00 bits per heavy atom. The summed E-state index contributed by atoms with van der Waals surface area (Å²) in [5.74, 6) is 5.37. The number of nitrogens with two attached hydrogens (primary N) is 1. The molecule has 240 valence electrons. The third-order valence-corrected chi connectivity index (χ3v) is 8.55. The number of hydrogen-bond donors (Lipinski definition) is 2. The second kappa shape index (κ2) is 12.1. The largest absolute Gasteiger partial charge is 0.436 e. The van der Waals surface area contributed by atoms with E-state index in [1.807, 2.05) is 30.2 Å². The Morgan fingerprint density at radius 3 is 2.42 bits per heavy atom. The van der Waals surface area contributed by atoms with E-state index >= 15 is 0 Å². The number of anilines is 2. The fourth-order valence-corrected chi connectivity index (χ4v) is 6.36. The molecule has 1 aromatic carbocycles. The van der Waals surface area contributed by atoms with Crippen molar-refractivity contribution in [1.29, 1.82) is 0 Å². The van der Waals surface area contributed by atoms with Gasteiger partial charge in [-0.3, -0.25) is 10.3 Å². The van der Waals surface area contributed by atoms with Crippen LogP contribution in [0.25, 0.3) is 11.2 Å². The van der Waals surface area contributed by atoms with Crippen LogP contribution in [0.1, 0.15) is 55.5 Å². The predicted molar refractivity (Wildman–Crippen MR) is 157 cm³/mol. The number of rotatable bonds is 7. The van der Waals surface area contributed by atoms with Crippen molar-refractivity contribution in [2.75, 3.05) is 30.0 Å². The number of benzene rings is 1. The summed E-state index contributed by atoms with van der Waals surface area (Å²) in [7, 11) is 0. The average Bonchev–Trinajstić information content (AvgIpc) is 3.63. The van der Waals surface area contributed by atoms with Crippen molar-refractivity contribution in [2.45, 2.75) is 70.6 Å². The van der Waals surface area contributed by atoms with E-state index in [0.717, 1.165) is 31.3 Å². The number of nitrogen functional groups attached to an aromatic ring is 1. The standard InChI is InChI=1S/C30H34F5N9O/c1-16-14-43(27-24-28(40-29(39-27)41-36)44(18(3)37-24)15-21-5-4-12-45-21)17(2)13-42(16)25(19-6-8-20(31)9-7-19)23-11-10-22(32)26(38-23)30(33,34)35/h6-11,16-17,21,25H,4-5,12-15,36H2,1-3H3,(H,39,40,41)/t16-,17+,21?,25?/m1/s1. The SMILES string of the molecule is Cc1nc2c(N3C[C@@H](C)N(C(c4ccc(F)cc4)c4ccc(F)c(C(F)(F)F)n4)C[C@@H]3C)nc(NN)nc2n1CC1CCCO1. The van der Waals surface area contributed by atoms with Gasteiger partial charge in [0.2, 0.25) is 5.95 Å². The molecule has 45 heavy (non-hydrogen) atoms. The van der Waals surface area contributed by atoms with E-state index in [9.17, 15) is 22.0 Å². The maximum atomic E-state index is 14.2. The minimum Gasteiger partial charge on any atom is -0.376 e. The summed E-state index contributed by atoms with van der Waals surface area (Å²) in [6.07, 6.45) is -2.99. The molecule has 3 aromatic heterocycles. The number of nitrogens with one attached hydrogen (secondary N) is 1. The molecule has 5 heterocycles. The number of halogens is 5. The number of piperazine rings is 1. The zero-order chi connectivity index (χ0) is 32.0. The highest BCUT2D eigenvalue weighted by molar-refractivity contribution is 5.85. The van der Waals surface area contributed by atoms with Gasteiger partial charge in [0.15, 0.2) is 28.5 Å². The lowest BCUT2D eigenvalue weighted by molar-refractivity contribution is -0.143. The van der Waals surface area contributed by atoms with Crippen molar-refractivity contribution < 1.29 is 26.7 Å². The number of aromatic nitrogens is 5. The van der Waals surface area contributed by atoms with Crippen LogP contribution in [0.5, 0.6) is 0 Å². The molecule has 0 aliphatic carbocycles. The minimum atomic E-state index is -4.98. The maximum Gasteiger partial charge on any atom is 0.436 e. The van der Waals surface area contributed by atoms with Crippen LogP contribution in [-0.4, -0.2) is 67.3 Å². The molecule has 2 fully saturated rings. The zero-order valence-electron chi connectivity index (χ0n) is 25.0.